The number of carbonyl (C=O) groups is 1. The van der Waals surface area contributed by atoms with Gasteiger partial charge in [0.25, 0.3) is 0 Å². The molecule has 0 saturated carbocycles. The van der Waals surface area contributed by atoms with Gasteiger partial charge in [-0.15, -0.1) is 0 Å². The van der Waals surface area contributed by atoms with Crippen molar-refractivity contribution in [3.63, 3.8) is 0 Å². The van der Waals surface area contributed by atoms with E-state index in [2.05, 4.69) is 11.8 Å². The Hall–Kier alpha value is -1.55. The molecule has 1 heterocycles. The lowest BCUT2D eigenvalue weighted by molar-refractivity contribution is 0.0527. The van der Waals surface area contributed by atoms with Crippen LogP contribution in [0.3, 0.4) is 0 Å². The summed E-state index contributed by atoms with van der Waals surface area (Å²) in [5.41, 5.74) is 9.55. The Balaban J connectivity index is 2.31. The molecule has 0 aromatic heterocycles. The Morgan fingerprint density at radius 3 is 2.89 bits per heavy atom. The lowest BCUT2D eigenvalue weighted by atomic mass is 9.95. The number of likely N-dealkylation sites (N-methyl/N-ethyl adjacent to an activating group) is 1. The molecular weight excluding hydrogens is 228 g/mol. The van der Waals surface area contributed by atoms with Gasteiger partial charge < -0.3 is 10.5 Å². The maximum atomic E-state index is 11.8. The number of ether oxygens (including phenoxy) is 1. The number of nitrogens with two attached hydrogens (primary N) is 1. The smallest absolute Gasteiger partial charge is 0.340 e. The van der Waals surface area contributed by atoms with Crippen LogP contribution in [0.15, 0.2) is 12.1 Å². The van der Waals surface area contributed by atoms with Crippen LogP contribution in [-0.4, -0.2) is 30.6 Å². The summed E-state index contributed by atoms with van der Waals surface area (Å²) in [6.07, 6.45) is 0.905. The Morgan fingerprint density at radius 1 is 1.44 bits per heavy atom. The van der Waals surface area contributed by atoms with Crippen LogP contribution >= 0.6 is 0 Å². The molecule has 98 valence electrons. The first-order valence-electron chi connectivity index (χ1n) is 6.47. The van der Waals surface area contributed by atoms with Gasteiger partial charge in [-0.05, 0) is 37.1 Å². The van der Waals surface area contributed by atoms with E-state index in [1.807, 2.05) is 6.07 Å². The van der Waals surface area contributed by atoms with Crippen molar-refractivity contribution in [3.05, 3.63) is 28.8 Å². The molecule has 4 heteroatoms. The molecule has 0 fully saturated rings. The van der Waals surface area contributed by atoms with E-state index in [0.717, 1.165) is 31.6 Å². The van der Waals surface area contributed by atoms with E-state index >= 15 is 0 Å². The average Bonchev–Trinajstić information content (AvgIpc) is 2.38. The molecule has 0 radical (unpaired) electrons. The van der Waals surface area contributed by atoms with Crippen LogP contribution in [0.2, 0.25) is 0 Å². The normalized spacial score (nSPS) is 15.2. The number of fused-ring (bicyclic) bond motifs is 1. The van der Waals surface area contributed by atoms with Gasteiger partial charge >= 0.3 is 5.97 Å². The molecule has 2 N–H and O–H groups in total. The highest BCUT2D eigenvalue weighted by Crippen LogP contribution is 2.27. The molecule has 1 aliphatic rings. The minimum absolute atomic E-state index is 0.323. The molecular formula is C14H20N2O2. The van der Waals surface area contributed by atoms with Gasteiger partial charge in [0.2, 0.25) is 0 Å². The van der Waals surface area contributed by atoms with Crippen molar-refractivity contribution in [3.8, 4) is 0 Å². The van der Waals surface area contributed by atoms with Gasteiger partial charge in [0.1, 0.15) is 0 Å². The van der Waals surface area contributed by atoms with E-state index in [0.29, 0.717) is 17.9 Å². The van der Waals surface area contributed by atoms with Crippen molar-refractivity contribution in [1.82, 2.24) is 4.90 Å². The molecule has 0 amide bonds. The predicted molar refractivity (Wildman–Crippen MR) is 71.5 cm³/mol. The lowest BCUT2D eigenvalue weighted by Gasteiger charge is -2.28. The second kappa shape index (κ2) is 5.40. The summed E-state index contributed by atoms with van der Waals surface area (Å²) in [6.45, 7) is 7.28. The molecule has 0 unspecified atom stereocenters. The van der Waals surface area contributed by atoms with E-state index in [1.54, 1.807) is 13.0 Å². The summed E-state index contributed by atoms with van der Waals surface area (Å²) in [7, 11) is 0. The molecule has 1 aromatic carbocycles. The number of esters is 1. The Bertz CT molecular complexity index is 457. The minimum Gasteiger partial charge on any atom is -0.462 e. The van der Waals surface area contributed by atoms with E-state index in [1.165, 1.54) is 5.56 Å². The SMILES string of the molecule is CCOC(=O)c1ccc2c(c1N)CCN(CC)C2. The Labute approximate surface area is 108 Å². The van der Waals surface area contributed by atoms with Gasteiger partial charge in [-0.2, -0.15) is 0 Å². The summed E-state index contributed by atoms with van der Waals surface area (Å²) < 4.78 is 5.01. The zero-order chi connectivity index (χ0) is 13.1. The molecule has 1 aromatic rings. The summed E-state index contributed by atoms with van der Waals surface area (Å²) in [4.78, 5) is 14.1. The van der Waals surface area contributed by atoms with Crippen LogP contribution in [0.4, 0.5) is 5.69 Å². The molecule has 2 rings (SSSR count). The van der Waals surface area contributed by atoms with Crippen LogP contribution in [0.25, 0.3) is 0 Å². The summed E-state index contributed by atoms with van der Waals surface area (Å²) >= 11 is 0. The van der Waals surface area contributed by atoms with E-state index in [4.69, 9.17) is 10.5 Å². The van der Waals surface area contributed by atoms with Gasteiger partial charge in [-0.25, -0.2) is 4.79 Å². The van der Waals surface area contributed by atoms with Gasteiger partial charge in [0, 0.05) is 18.8 Å². The van der Waals surface area contributed by atoms with Crippen molar-refractivity contribution >= 4 is 11.7 Å². The zero-order valence-corrected chi connectivity index (χ0v) is 11.0. The van der Waals surface area contributed by atoms with Crippen LogP contribution in [-0.2, 0) is 17.7 Å². The summed E-state index contributed by atoms with van der Waals surface area (Å²) in [6, 6.07) is 3.78. The Morgan fingerprint density at radius 2 is 2.22 bits per heavy atom. The zero-order valence-electron chi connectivity index (χ0n) is 11.0. The number of anilines is 1. The third kappa shape index (κ3) is 2.34. The average molecular weight is 248 g/mol. The van der Waals surface area contributed by atoms with E-state index < -0.39 is 0 Å². The fraction of sp³-hybridized carbons (Fsp3) is 0.500. The van der Waals surface area contributed by atoms with Gasteiger partial charge in [-0.1, -0.05) is 13.0 Å². The fourth-order valence-electron chi connectivity index (χ4n) is 2.40. The van der Waals surface area contributed by atoms with Crippen LogP contribution < -0.4 is 5.73 Å². The standard InChI is InChI=1S/C14H20N2O2/c1-3-16-8-7-11-10(9-16)5-6-12(13(11)15)14(17)18-4-2/h5-6H,3-4,7-9,15H2,1-2H3. The van der Waals surface area contributed by atoms with E-state index in [-0.39, 0.29) is 5.97 Å². The van der Waals surface area contributed by atoms with Gasteiger partial charge in [-0.3, -0.25) is 4.90 Å². The highest BCUT2D eigenvalue weighted by Gasteiger charge is 2.21. The number of nitrogen functional groups attached to an aromatic ring is 1. The van der Waals surface area contributed by atoms with Crippen LogP contribution in [0.5, 0.6) is 0 Å². The number of hydrogen-bond acceptors (Lipinski definition) is 4. The van der Waals surface area contributed by atoms with Crippen molar-refractivity contribution < 1.29 is 9.53 Å². The second-order valence-electron chi connectivity index (χ2n) is 4.50. The molecule has 0 aliphatic carbocycles. The first-order valence-corrected chi connectivity index (χ1v) is 6.47. The van der Waals surface area contributed by atoms with Gasteiger partial charge in [0.05, 0.1) is 12.2 Å². The molecule has 18 heavy (non-hydrogen) atoms. The number of carbonyl (C=O) groups excluding carboxylic acids is 1. The maximum Gasteiger partial charge on any atom is 0.340 e. The highest BCUT2D eigenvalue weighted by atomic mass is 16.5. The fourth-order valence-corrected chi connectivity index (χ4v) is 2.40. The molecule has 0 bridgehead atoms. The third-order valence-electron chi connectivity index (χ3n) is 3.47. The molecule has 0 atom stereocenters. The first-order chi connectivity index (χ1) is 8.67. The number of hydrogen-bond donors (Lipinski definition) is 1. The monoisotopic (exact) mass is 248 g/mol. The quantitative estimate of drug-likeness (QED) is 0.655. The van der Waals surface area contributed by atoms with E-state index in [9.17, 15) is 4.79 Å². The molecule has 0 saturated heterocycles. The summed E-state index contributed by atoms with van der Waals surface area (Å²) in [5.74, 6) is -0.323. The molecule has 0 spiro atoms. The topological polar surface area (TPSA) is 55.6 Å². The largest absolute Gasteiger partial charge is 0.462 e. The molecule has 4 nitrogen and oxygen atoms in total. The van der Waals surface area contributed by atoms with Crippen molar-refractivity contribution in [1.29, 1.82) is 0 Å². The molecule has 1 aliphatic heterocycles. The van der Waals surface area contributed by atoms with Crippen molar-refractivity contribution in [2.24, 2.45) is 0 Å². The number of benzene rings is 1. The van der Waals surface area contributed by atoms with Crippen molar-refractivity contribution in [2.45, 2.75) is 26.8 Å². The summed E-state index contributed by atoms with van der Waals surface area (Å²) in [5, 5.41) is 0. The first kappa shape index (κ1) is 12.9. The Kier molecular flexibility index (Phi) is 3.87. The lowest BCUT2D eigenvalue weighted by Crippen LogP contribution is -2.31. The van der Waals surface area contributed by atoms with Crippen molar-refractivity contribution in [2.75, 3.05) is 25.4 Å². The van der Waals surface area contributed by atoms with Gasteiger partial charge in [0.15, 0.2) is 0 Å². The maximum absolute atomic E-state index is 11.8. The predicted octanol–water partition coefficient (Wildman–Crippen LogP) is 1.82. The third-order valence-corrected chi connectivity index (χ3v) is 3.47. The highest BCUT2D eigenvalue weighted by molar-refractivity contribution is 5.96. The van der Waals surface area contributed by atoms with Crippen LogP contribution in [0.1, 0.15) is 35.3 Å². The number of nitrogens with zero attached hydrogens (tertiary/aromatic N) is 1. The second-order valence-corrected chi connectivity index (χ2v) is 4.50. The number of rotatable bonds is 3. The minimum atomic E-state index is -0.323. The van der Waals surface area contributed by atoms with Crippen LogP contribution in [0, 0.1) is 0 Å².